The minimum atomic E-state index is 0.440. The highest BCUT2D eigenvalue weighted by atomic mass is 127. The zero-order valence-corrected chi connectivity index (χ0v) is 8.01. The maximum Gasteiger partial charge on any atom is 0.0554 e. The molecule has 0 atom stereocenters. The summed E-state index contributed by atoms with van der Waals surface area (Å²) in [6, 6.07) is 0. The van der Waals surface area contributed by atoms with E-state index in [1.54, 1.807) is 0 Å². The van der Waals surface area contributed by atoms with Gasteiger partial charge in [-0.3, -0.25) is 0 Å². The smallest absolute Gasteiger partial charge is 0.0554 e. The third-order valence-electron chi connectivity index (χ3n) is 1.50. The van der Waals surface area contributed by atoms with Gasteiger partial charge in [0.1, 0.15) is 0 Å². The fraction of sp³-hybridized carbons (Fsp3) is 1.00. The highest BCUT2D eigenvalue weighted by Gasteiger charge is 2.33. The number of ether oxygens (including phenoxy) is 1. The highest BCUT2D eigenvalue weighted by molar-refractivity contribution is 14.1. The summed E-state index contributed by atoms with van der Waals surface area (Å²) in [7, 11) is 2.09. The number of hydrogen-bond donors (Lipinski definition) is 0. The highest BCUT2D eigenvalue weighted by Crippen LogP contribution is 2.27. The lowest BCUT2D eigenvalue weighted by atomic mass is 9.89. The molecule has 2 nitrogen and oxygen atoms in total. The molecule has 0 aromatic heterocycles. The molecule has 1 aliphatic heterocycles. The molecule has 0 aromatic carbocycles. The second-order valence-corrected chi connectivity index (χ2v) is 4.71. The van der Waals surface area contributed by atoms with Gasteiger partial charge in [0.25, 0.3) is 0 Å². The Hall–Kier alpha value is 0.650. The summed E-state index contributed by atoms with van der Waals surface area (Å²) in [6.45, 7) is 5.25. The zero-order valence-electron chi connectivity index (χ0n) is 5.85. The number of hydrogen-bond acceptors (Lipinski definition) is 2. The van der Waals surface area contributed by atoms with E-state index < -0.39 is 0 Å². The van der Waals surface area contributed by atoms with Gasteiger partial charge in [-0.05, 0) is 7.05 Å². The van der Waals surface area contributed by atoms with E-state index in [1.165, 1.54) is 0 Å². The summed E-state index contributed by atoms with van der Waals surface area (Å²) in [4.78, 5) is 0. The lowest BCUT2D eigenvalue weighted by Crippen LogP contribution is -2.45. The van der Waals surface area contributed by atoms with E-state index in [0.717, 1.165) is 19.8 Å². The van der Waals surface area contributed by atoms with E-state index in [4.69, 9.17) is 4.74 Å². The molecule has 9 heavy (non-hydrogen) atoms. The second kappa shape index (κ2) is 2.72. The van der Waals surface area contributed by atoms with Crippen molar-refractivity contribution >= 4 is 22.9 Å². The van der Waals surface area contributed by atoms with Crippen LogP contribution in [0.3, 0.4) is 0 Å². The molecule has 0 amide bonds. The molecule has 1 saturated heterocycles. The minimum Gasteiger partial charge on any atom is -0.380 e. The van der Waals surface area contributed by atoms with Gasteiger partial charge in [0.15, 0.2) is 0 Å². The first kappa shape index (κ1) is 7.75. The number of rotatable bonds is 2. The predicted molar refractivity (Wildman–Crippen MR) is 45.6 cm³/mol. The van der Waals surface area contributed by atoms with Crippen molar-refractivity contribution in [3.05, 3.63) is 0 Å². The molecular weight excluding hydrogens is 229 g/mol. The number of nitrogens with zero attached hydrogens (tertiary/aromatic N) is 1. The number of halogens is 1. The molecule has 0 aliphatic carbocycles. The largest absolute Gasteiger partial charge is 0.380 e. The van der Waals surface area contributed by atoms with E-state index in [9.17, 15) is 0 Å². The summed E-state index contributed by atoms with van der Waals surface area (Å²) in [6.07, 6.45) is 0. The van der Waals surface area contributed by atoms with Gasteiger partial charge >= 0.3 is 0 Å². The molecule has 1 fully saturated rings. The van der Waals surface area contributed by atoms with E-state index in [2.05, 4.69) is 39.9 Å². The van der Waals surface area contributed by atoms with Crippen molar-refractivity contribution in [2.75, 3.05) is 26.8 Å². The first-order valence-corrected chi connectivity index (χ1v) is 4.04. The van der Waals surface area contributed by atoms with E-state index >= 15 is 0 Å². The molecular formula is C6H12INO. The Morgan fingerprint density at radius 2 is 2.22 bits per heavy atom. The van der Waals surface area contributed by atoms with Crippen molar-refractivity contribution in [3.8, 4) is 0 Å². The van der Waals surface area contributed by atoms with Crippen LogP contribution in [0.4, 0.5) is 0 Å². The van der Waals surface area contributed by atoms with Crippen LogP contribution < -0.4 is 0 Å². The van der Waals surface area contributed by atoms with Crippen LogP contribution in [0.15, 0.2) is 0 Å². The van der Waals surface area contributed by atoms with E-state index in [-0.39, 0.29) is 0 Å². The summed E-state index contributed by atoms with van der Waals surface area (Å²) < 4.78 is 7.29. The van der Waals surface area contributed by atoms with Gasteiger partial charge in [0.05, 0.1) is 13.2 Å². The first-order chi connectivity index (χ1) is 4.12. The van der Waals surface area contributed by atoms with Crippen LogP contribution in [0.2, 0.25) is 0 Å². The fourth-order valence-corrected chi connectivity index (χ4v) is 1.89. The van der Waals surface area contributed by atoms with Gasteiger partial charge < -0.3 is 4.74 Å². The Labute approximate surface area is 70.0 Å². The monoisotopic (exact) mass is 241 g/mol. The Morgan fingerprint density at radius 3 is 2.33 bits per heavy atom. The van der Waals surface area contributed by atoms with Crippen molar-refractivity contribution in [2.24, 2.45) is 5.41 Å². The normalized spacial score (nSPS) is 24.0. The minimum absolute atomic E-state index is 0.440. The van der Waals surface area contributed by atoms with Gasteiger partial charge in [0.2, 0.25) is 0 Å². The van der Waals surface area contributed by atoms with Crippen LogP contribution >= 0.6 is 22.9 Å². The predicted octanol–water partition coefficient (Wildman–Crippen LogP) is 1.30. The molecule has 0 saturated carbocycles. The quantitative estimate of drug-likeness (QED) is 0.533. The van der Waals surface area contributed by atoms with Crippen molar-refractivity contribution in [3.63, 3.8) is 0 Å². The van der Waals surface area contributed by atoms with Crippen molar-refractivity contribution in [1.29, 1.82) is 0 Å². The molecule has 54 valence electrons. The molecule has 1 rings (SSSR count). The van der Waals surface area contributed by atoms with Crippen LogP contribution in [0.5, 0.6) is 0 Å². The van der Waals surface area contributed by atoms with Crippen molar-refractivity contribution in [2.45, 2.75) is 6.92 Å². The van der Waals surface area contributed by atoms with E-state index in [1.807, 2.05) is 0 Å². The Balaban J connectivity index is 2.24. The van der Waals surface area contributed by atoms with Gasteiger partial charge in [-0.25, -0.2) is 3.11 Å². The topological polar surface area (TPSA) is 12.5 Å². The average Bonchev–Trinajstić information content (AvgIpc) is 1.60. The maximum atomic E-state index is 5.11. The van der Waals surface area contributed by atoms with Crippen LogP contribution in [0.1, 0.15) is 6.92 Å². The summed E-state index contributed by atoms with van der Waals surface area (Å²) >= 11 is 2.30. The summed E-state index contributed by atoms with van der Waals surface area (Å²) in [5.41, 5.74) is 0.440. The average molecular weight is 241 g/mol. The fourth-order valence-electron chi connectivity index (χ4n) is 1.07. The third-order valence-corrected chi connectivity index (χ3v) is 1.84. The molecule has 0 aromatic rings. The molecule has 3 heteroatoms. The standard InChI is InChI=1S/C6H12INO/c1-6(3-8(2)7)4-9-5-6/h3-5H2,1-2H3. The molecule has 0 radical (unpaired) electrons. The zero-order chi connectivity index (χ0) is 6.91. The van der Waals surface area contributed by atoms with Crippen LogP contribution in [-0.4, -0.2) is 29.9 Å². The van der Waals surface area contributed by atoms with Crippen molar-refractivity contribution < 1.29 is 4.74 Å². The SMILES string of the molecule is CN(I)CC1(C)COC1. The Morgan fingerprint density at radius 1 is 1.67 bits per heavy atom. The summed E-state index contributed by atoms with van der Waals surface area (Å²) in [5, 5.41) is 0. The Kier molecular flexibility index (Phi) is 2.34. The maximum absolute atomic E-state index is 5.11. The van der Waals surface area contributed by atoms with Crippen LogP contribution in [0, 0.1) is 5.41 Å². The van der Waals surface area contributed by atoms with E-state index in [0.29, 0.717) is 5.41 Å². The molecule has 1 aliphatic rings. The third kappa shape index (κ3) is 2.05. The van der Waals surface area contributed by atoms with Gasteiger partial charge in [-0.2, -0.15) is 0 Å². The first-order valence-electron chi connectivity index (χ1n) is 3.07. The second-order valence-electron chi connectivity index (χ2n) is 3.07. The molecule has 0 N–H and O–H groups in total. The lowest BCUT2D eigenvalue weighted by molar-refractivity contribution is -0.104. The molecule has 1 heterocycles. The van der Waals surface area contributed by atoms with Crippen LogP contribution in [0.25, 0.3) is 0 Å². The van der Waals surface area contributed by atoms with Gasteiger partial charge in [-0.1, -0.05) is 6.92 Å². The summed E-state index contributed by atoms with van der Waals surface area (Å²) in [5.74, 6) is 0. The van der Waals surface area contributed by atoms with Crippen molar-refractivity contribution in [1.82, 2.24) is 3.11 Å². The van der Waals surface area contributed by atoms with Gasteiger partial charge in [0, 0.05) is 34.8 Å². The molecule has 0 unspecified atom stereocenters. The lowest BCUT2D eigenvalue weighted by Gasteiger charge is -2.39. The molecule has 0 spiro atoms. The Bertz CT molecular complexity index is 101. The molecule has 0 bridgehead atoms. The van der Waals surface area contributed by atoms with Gasteiger partial charge in [-0.15, -0.1) is 0 Å². The van der Waals surface area contributed by atoms with Crippen LogP contribution in [-0.2, 0) is 4.74 Å².